The lowest BCUT2D eigenvalue weighted by Gasteiger charge is -2.35. The fourth-order valence-corrected chi connectivity index (χ4v) is 2.57. The molecule has 5 heteroatoms. The second-order valence-electron chi connectivity index (χ2n) is 5.89. The van der Waals surface area contributed by atoms with Crippen LogP contribution < -0.4 is 11.1 Å². The van der Waals surface area contributed by atoms with E-state index in [2.05, 4.69) is 29.2 Å². The van der Waals surface area contributed by atoms with Crippen molar-refractivity contribution in [2.24, 2.45) is 11.7 Å². The lowest BCUT2D eigenvalue weighted by Crippen LogP contribution is -2.58. The quantitative estimate of drug-likeness (QED) is 0.686. The molecule has 1 amide bonds. The number of piperidine rings is 1. The number of nitrogens with two attached hydrogens (primary N) is 1. The van der Waals surface area contributed by atoms with Crippen molar-refractivity contribution in [1.82, 2.24) is 15.1 Å². The van der Waals surface area contributed by atoms with Gasteiger partial charge in [-0.1, -0.05) is 0 Å². The highest BCUT2D eigenvalue weighted by Gasteiger charge is 2.31. The van der Waals surface area contributed by atoms with Crippen LogP contribution in [0.4, 0.5) is 0 Å². The maximum Gasteiger partial charge on any atom is 0.238 e. The number of primary amides is 1. The predicted octanol–water partition coefficient (Wildman–Crippen LogP) is -0.277. The van der Waals surface area contributed by atoms with Gasteiger partial charge in [0.15, 0.2) is 0 Å². The first-order valence-electron chi connectivity index (χ1n) is 6.73. The van der Waals surface area contributed by atoms with Crippen molar-refractivity contribution >= 4 is 5.91 Å². The van der Waals surface area contributed by atoms with Gasteiger partial charge >= 0.3 is 0 Å². The number of carbonyl (C=O) groups excluding carboxylic acids is 1. The van der Waals surface area contributed by atoms with Crippen LogP contribution in [0, 0.1) is 5.92 Å². The predicted molar refractivity (Wildman–Crippen MR) is 74.4 cm³/mol. The molecule has 0 spiro atoms. The van der Waals surface area contributed by atoms with Gasteiger partial charge in [-0.3, -0.25) is 4.79 Å². The van der Waals surface area contributed by atoms with Gasteiger partial charge in [0, 0.05) is 13.1 Å². The first-order valence-corrected chi connectivity index (χ1v) is 6.73. The second-order valence-corrected chi connectivity index (χ2v) is 5.89. The van der Waals surface area contributed by atoms with E-state index in [4.69, 9.17) is 5.73 Å². The Morgan fingerprint density at radius 2 is 2.06 bits per heavy atom. The van der Waals surface area contributed by atoms with Crippen LogP contribution in [0.25, 0.3) is 0 Å². The number of carbonyl (C=O) groups is 1. The van der Waals surface area contributed by atoms with E-state index in [9.17, 15) is 4.79 Å². The molecule has 0 aliphatic carbocycles. The van der Waals surface area contributed by atoms with Crippen molar-refractivity contribution in [2.45, 2.75) is 25.3 Å². The van der Waals surface area contributed by atoms with Crippen LogP contribution in [0.2, 0.25) is 0 Å². The third-order valence-electron chi connectivity index (χ3n) is 4.09. The molecule has 1 aliphatic rings. The first-order chi connectivity index (χ1) is 8.37. The van der Waals surface area contributed by atoms with E-state index in [1.807, 2.05) is 6.92 Å². The van der Waals surface area contributed by atoms with Crippen molar-refractivity contribution in [3.8, 4) is 0 Å². The molecule has 18 heavy (non-hydrogen) atoms. The van der Waals surface area contributed by atoms with E-state index in [1.54, 1.807) is 7.05 Å². The van der Waals surface area contributed by atoms with Gasteiger partial charge in [-0.05, 0) is 59.9 Å². The standard InChI is InChI=1S/C13H28N4O/c1-13(15-2,12(14)18)10-17(4)9-11-5-7-16(3)8-6-11/h11,15H,5-10H2,1-4H3,(H2,14,18). The number of likely N-dealkylation sites (tertiary alicyclic amines) is 1. The zero-order valence-electron chi connectivity index (χ0n) is 12.2. The normalized spacial score (nSPS) is 22.1. The molecule has 1 rings (SSSR count). The lowest BCUT2D eigenvalue weighted by molar-refractivity contribution is -0.124. The van der Waals surface area contributed by atoms with Gasteiger partial charge in [0.25, 0.3) is 0 Å². The first kappa shape index (κ1) is 15.4. The molecule has 0 saturated carbocycles. The lowest BCUT2D eigenvalue weighted by atomic mass is 9.95. The minimum Gasteiger partial charge on any atom is -0.368 e. The average Bonchev–Trinajstić information content (AvgIpc) is 2.31. The van der Waals surface area contributed by atoms with Gasteiger partial charge in [-0.2, -0.15) is 0 Å². The van der Waals surface area contributed by atoms with Crippen LogP contribution in [-0.2, 0) is 4.79 Å². The van der Waals surface area contributed by atoms with Gasteiger partial charge in [-0.15, -0.1) is 0 Å². The number of hydrogen-bond donors (Lipinski definition) is 2. The monoisotopic (exact) mass is 256 g/mol. The third-order valence-corrected chi connectivity index (χ3v) is 4.09. The number of nitrogens with zero attached hydrogens (tertiary/aromatic N) is 2. The summed E-state index contributed by atoms with van der Waals surface area (Å²) in [5.41, 5.74) is 4.81. The summed E-state index contributed by atoms with van der Waals surface area (Å²) < 4.78 is 0. The Kier molecular flexibility index (Phi) is 5.56. The minimum absolute atomic E-state index is 0.291. The van der Waals surface area contributed by atoms with E-state index in [0.29, 0.717) is 6.54 Å². The summed E-state index contributed by atoms with van der Waals surface area (Å²) in [5, 5.41) is 3.03. The van der Waals surface area contributed by atoms with Crippen molar-refractivity contribution in [3.05, 3.63) is 0 Å². The number of rotatable bonds is 6. The Labute approximate surface area is 111 Å². The molecule has 0 aromatic carbocycles. The summed E-state index contributed by atoms with van der Waals surface area (Å²) in [6.07, 6.45) is 2.49. The molecule has 0 bridgehead atoms. The van der Waals surface area contributed by atoms with E-state index < -0.39 is 5.54 Å². The molecule has 5 nitrogen and oxygen atoms in total. The van der Waals surface area contributed by atoms with Crippen LogP contribution in [0.5, 0.6) is 0 Å². The van der Waals surface area contributed by atoms with E-state index in [0.717, 1.165) is 12.5 Å². The summed E-state index contributed by atoms with van der Waals surface area (Å²) in [7, 11) is 6.02. The van der Waals surface area contributed by atoms with E-state index in [-0.39, 0.29) is 5.91 Å². The van der Waals surface area contributed by atoms with E-state index >= 15 is 0 Å². The van der Waals surface area contributed by atoms with Gasteiger partial charge in [0.05, 0.1) is 0 Å². The van der Waals surface area contributed by atoms with Crippen LogP contribution in [0.3, 0.4) is 0 Å². The fourth-order valence-electron chi connectivity index (χ4n) is 2.57. The van der Waals surface area contributed by atoms with Crippen molar-refractivity contribution in [1.29, 1.82) is 0 Å². The van der Waals surface area contributed by atoms with Crippen LogP contribution in [0.1, 0.15) is 19.8 Å². The SMILES string of the molecule is CNC(C)(CN(C)CC1CCN(C)CC1)C(N)=O. The molecule has 1 fully saturated rings. The van der Waals surface area contributed by atoms with Crippen LogP contribution in [0.15, 0.2) is 0 Å². The molecule has 3 N–H and O–H groups in total. The largest absolute Gasteiger partial charge is 0.368 e. The molecule has 1 aliphatic heterocycles. The Morgan fingerprint density at radius 1 is 1.50 bits per heavy atom. The van der Waals surface area contributed by atoms with Crippen molar-refractivity contribution in [3.63, 3.8) is 0 Å². The fraction of sp³-hybridized carbons (Fsp3) is 0.923. The summed E-state index contributed by atoms with van der Waals surface area (Å²) in [5.74, 6) is 0.445. The van der Waals surface area contributed by atoms with Gasteiger partial charge < -0.3 is 20.9 Å². The Bertz CT molecular complexity index is 276. The third kappa shape index (κ3) is 4.23. The maximum absolute atomic E-state index is 11.4. The summed E-state index contributed by atoms with van der Waals surface area (Å²) >= 11 is 0. The highest BCUT2D eigenvalue weighted by atomic mass is 16.1. The molecule has 1 saturated heterocycles. The van der Waals surface area contributed by atoms with Gasteiger partial charge in [-0.25, -0.2) is 0 Å². The van der Waals surface area contributed by atoms with E-state index in [1.165, 1.54) is 25.9 Å². The Morgan fingerprint density at radius 3 is 2.50 bits per heavy atom. The van der Waals surface area contributed by atoms with Crippen molar-refractivity contribution in [2.75, 3.05) is 47.3 Å². The molecular weight excluding hydrogens is 228 g/mol. The minimum atomic E-state index is -0.639. The molecule has 1 heterocycles. The average molecular weight is 256 g/mol. The summed E-state index contributed by atoms with van der Waals surface area (Å²) in [6.45, 7) is 5.92. The number of hydrogen-bond acceptors (Lipinski definition) is 4. The van der Waals surface area contributed by atoms with Crippen molar-refractivity contribution < 1.29 is 4.79 Å². The number of nitrogens with one attached hydrogen (secondary N) is 1. The smallest absolute Gasteiger partial charge is 0.238 e. The zero-order chi connectivity index (χ0) is 13.8. The molecule has 106 valence electrons. The maximum atomic E-state index is 11.4. The number of amides is 1. The molecule has 0 aromatic rings. The van der Waals surface area contributed by atoms with Gasteiger partial charge in [0.2, 0.25) is 5.91 Å². The highest BCUT2D eigenvalue weighted by Crippen LogP contribution is 2.17. The molecule has 0 aromatic heterocycles. The molecule has 1 unspecified atom stereocenters. The second kappa shape index (κ2) is 6.50. The van der Waals surface area contributed by atoms with Crippen LogP contribution >= 0.6 is 0 Å². The summed E-state index contributed by atoms with van der Waals surface area (Å²) in [4.78, 5) is 16.0. The molecule has 1 atom stereocenters. The number of likely N-dealkylation sites (N-methyl/N-ethyl adjacent to an activating group) is 2. The topological polar surface area (TPSA) is 61.6 Å². The summed E-state index contributed by atoms with van der Waals surface area (Å²) in [6, 6.07) is 0. The van der Waals surface area contributed by atoms with Gasteiger partial charge in [0.1, 0.15) is 5.54 Å². The molecular formula is C13H28N4O. The van der Waals surface area contributed by atoms with Crippen LogP contribution in [-0.4, -0.2) is 68.6 Å². The molecule has 0 radical (unpaired) electrons. The Balaban J connectivity index is 2.41. The Hall–Kier alpha value is -0.650. The zero-order valence-corrected chi connectivity index (χ0v) is 12.2. The highest BCUT2D eigenvalue weighted by molar-refractivity contribution is 5.84.